The smallest absolute Gasteiger partial charge is 0.195 e. The van der Waals surface area contributed by atoms with Crippen LogP contribution in [0.5, 0.6) is 0 Å². The lowest BCUT2D eigenvalue weighted by molar-refractivity contribution is 0.228. The van der Waals surface area contributed by atoms with Crippen LogP contribution in [0.2, 0.25) is 0 Å². The Morgan fingerprint density at radius 1 is 1.25 bits per heavy atom. The van der Waals surface area contributed by atoms with Crippen molar-refractivity contribution in [1.29, 1.82) is 0 Å². The van der Waals surface area contributed by atoms with Gasteiger partial charge in [0, 0.05) is 19.4 Å². The Balaban J connectivity index is 2.53. The van der Waals surface area contributed by atoms with Crippen LogP contribution in [0.1, 0.15) is 37.0 Å². The molecule has 1 atom stereocenters. The molecule has 0 amide bonds. The molecule has 1 aromatic carbocycles. The van der Waals surface area contributed by atoms with Crippen LogP contribution in [0, 0.1) is 20.8 Å². The molecule has 4 heteroatoms. The predicted molar refractivity (Wildman–Crippen MR) is 100.0 cm³/mol. The number of nitrogens with zero attached hydrogens (tertiary/aromatic N) is 3. The van der Waals surface area contributed by atoms with E-state index in [0.717, 1.165) is 16.8 Å². The van der Waals surface area contributed by atoms with Crippen LogP contribution < -0.4 is 4.90 Å². The van der Waals surface area contributed by atoms with E-state index in [2.05, 4.69) is 37.5 Å². The Hall–Kier alpha value is -2.23. The monoisotopic (exact) mass is 329 g/mol. The van der Waals surface area contributed by atoms with Gasteiger partial charge in [0.1, 0.15) is 12.0 Å². The summed E-state index contributed by atoms with van der Waals surface area (Å²) in [4.78, 5) is 5.69. The Morgan fingerprint density at radius 3 is 2.29 bits per heavy atom. The summed E-state index contributed by atoms with van der Waals surface area (Å²) < 4.78 is 15.0. The van der Waals surface area contributed by atoms with Crippen molar-refractivity contribution in [3.8, 4) is 0 Å². The number of rotatable bonds is 5. The fraction of sp³-hybridized carbons (Fsp3) is 0.400. The molecule has 0 aliphatic carbocycles. The van der Waals surface area contributed by atoms with E-state index in [1.54, 1.807) is 11.0 Å². The highest BCUT2D eigenvalue weighted by molar-refractivity contribution is 5.66. The zero-order valence-electron chi connectivity index (χ0n) is 15.6. The molecule has 0 fully saturated rings. The van der Waals surface area contributed by atoms with Gasteiger partial charge in [0.05, 0.1) is 5.69 Å². The van der Waals surface area contributed by atoms with Crippen molar-refractivity contribution in [3.05, 3.63) is 65.6 Å². The molecular formula is C20H28FN3. The zero-order valence-corrected chi connectivity index (χ0v) is 15.6. The molecule has 0 saturated carbocycles. The number of halogens is 1. The average molecular weight is 329 g/mol. The molecule has 1 aliphatic heterocycles. The minimum absolute atomic E-state index is 0.0977. The van der Waals surface area contributed by atoms with Crippen molar-refractivity contribution in [3.63, 3.8) is 0 Å². The summed E-state index contributed by atoms with van der Waals surface area (Å²) >= 11 is 0. The highest BCUT2D eigenvalue weighted by Crippen LogP contribution is 2.35. The van der Waals surface area contributed by atoms with Gasteiger partial charge in [-0.15, -0.1) is 0 Å². The summed E-state index contributed by atoms with van der Waals surface area (Å²) in [6.45, 7) is 14.3. The molecule has 2 rings (SSSR count). The summed E-state index contributed by atoms with van der Waals surface area (Å²) in [5.41, 5.74) is 4.12. The predicted octanol–water partition coefficient (Wildman–Crippen LogP) is 5.17. The number of aryl methyl sites for hydroxylation is 3. The average Bonchev–Trinajstić information content (AvgIpc) is 2.82. The molecule has 1 aliphatic rings. The molecule has 0 radical (unpaired) electrons. The fourth-order valence-corrected chi connectivity index (χ4v) is 3.18. The van der Waals surface area contributed by atoms with E-state index in [4.69, 9.17) is 0 Å². The summed E-state index contributed by atoms with van der Waals surface area (Å²) in [6.07, 6.45) is 6.24. The van der Waals surface area contributed by atoms with Crippen molar-refractivity contribution in [2.45, 2.75) is 47.2 Å². The zero-order chi connectivity index (χ0) is 18.0. The number of hydrogen-bond acceptors (Lipinski definition) is 3. The van der Waals surface area contributed by atoms with Crippen molar-refractivity contribution in [1.82, 2.24) is 9.80 Å². The lowest BCUT2D eigenvalue weighted by Crippen LogP contribution is -2.39. The summed E-state index contributed by atoms with van der Waals surface area (Å²) in [7, 11) is 2.00. The largest absolute Gasteiger partial charge is 0.359 e. The van der Waals surface area contributed by atoms with Crippen LogP contribution in [0.3, 0.4) is 0 Å². The van der Waals surface area contributed by atoms with Gasteiger partial charge in [0.25, 0.3) is 0 Å². The molecule has 0 saturated heterocycles. The van der Waals surface area contributed by atoms with Gasteiger partial charge in [-0.2, -0.15) is 4.39 Å². The molecule has 0 spiro atoms. The number of allylic oxidation sites excluding steroid dienone is 1. The van der Waals surface area contributed by atoms with Crippen LogP contribution >= 0.6 is 0 Å². The van der Waals surface area contributed by atoms with Crippen LogP contribution in [0.4, 0.5) is 10.1 Å². The van der Waals surface area contributed by atoms with Crippen molar-refractivity contribution in [2.75, 3.05) is 11.9 Å². The highest BCUT2D eigenvalue weighted by Gasteiger charge is 2.28. The van der Waals surface area contributed by atoms with E-state index in [-0.39, 0.29) is 12.1 Å². The SMILES string of the molecule is C=C(N(/C(F)=C\CC)c1c(C)cc(C)cc1C)N1C=CN(C)[C@@H]1C. The maximum absolute atomic E-state index is 15.0. The quantitative estimate of drug-likeness (QED) is 0.690. The van der Waals surface area contributed by atoms with Crippen LogP contribution in [0.15, 0.2) is 49.0 Å². The number of benzene rings is 1. The Labute approximate surface area is 145 Å². The Bertz CT molecular complexity index is 667. The Morgan fingerprint density at radius 2 is 1.83 bits per heavy atom. The van der Waals surface area contributed by atoms with Crippen molar-refractivity contribution >= 4 is 5.69 Å². The van der Waals surface area contributed by atoms with Gasteiger partial charge in [0.15, 0.2) is 5.95 Å². The minimum Gasteiger partial charge on any atom is -0.359 e. The van der Waals surface area contributed by atoms with Crippen molar-refractivity contribution in [2.24, 2.45) is 0 Å². The molecule has 0 bridgehead atoms. The lowest BCUT2D eigenvalue weighted by atomic mass is 10.0. The van der Waals surface area contributed by atoms with Crippen LogP contribution in [-0.4, -0.2) is 23.0 Å². The fourth-order valence-electron chi connectivity index (χ4n) is 3.18. The van der Waals surface area contributed by atoms with Gasteiger partial charge in [-0.25, -0.2) is 0 Å². The van der Waals surface area contributed by atoms with Gasteiger partial charge in [0.2, 0.25) is 0 Å². The maximum atomic E-state index is 15.0. The third-order valence-electron chi connectivity index (χ3n) is 4.46. The molecule has 0 unspecified atom stereocenters. The summed E-state index contributed by atoms with van der Waals surface area (Å²) in [5.74, 6) is 0.327. The first-order valence-electron chi connectivity index (χ1n) is 8.39. The summed E-state index contributed by atoms with van der Waals surface area (Å²) in [6, 6.07) is 4.16. The second-order valence-corrected chi connectivity index (χ2v) is 6.44. The topological polar surface area (TPSA) is 9.72 Å². The van der Waals surface area contributed by atoms with E-state index in [0.29, 0.717) is 12.2 Å². The Kier molecular flexibility index (Phi) is 5.37. The van der Waals surface area contributed by atoms with Crippen LogP contribution in [0.25, 0.3) is 0 Å². The van der Waals surface area contributed by atoms with Gasteiger partial charge in [-0.1, -0.05) is 31.2 Å². The minimum atomic E-state index is -0.285. The first-order chi connectivity index (χ1) is 11.3. The third-order valence-corrected chi connectivity index (χ3v) is 4.46. The first kappa shape index (κ1) is 18.1. The lowest BCUT2D eigenvalue weighted by Gasteiger charge is -2.36. The number of hydrogen-bond donors (Lipinski definition) is 0. The third kappa shape index (κ3) is 3.32. The number of anilines is 1. The maximum Gasteiger partial charge on any atom is 0.195 e. The second kappa shape index (κ2) is 7.12. The van der Waals surface area contributed by atoms with Gasteiger partial charge in [-0.05, 0) is 51.3 Å². The van der Waals surface area contributed by atoms with E-state index >= 15 is 4.39 Å². The van der Waals surface area contributed by atoms with Crippen LogP contribution in [-0.2, 0) is 0 Å². The molecule has 24 heavy (non-hydrogen) atoms. The molecule has 0 aromatic heterocycles. The standard InChI is InChI=1S/C20H28FN3/c1-8-9-19(21)24(18(6)23-11-10-22(7)17(23)5)20-15(3)12-14(2)13-16(20)4/h9-13,17H,6,8H2,1-5,7H3/b19-9-/t17-/m0/s1. The molecule has 1 aromatic rings. The van der Waals surface area contributed by atoms with E-state index < -0.39 is 0 Å². The van der Waals surface area contributed by atoms with E-state index in [9.17, 15) is 0 Å². The van der Waals surface area contributed by atoms with E-state index in [1.807, 2.05) is 45.1 Å². The normalized spacial score (nSPS) is 17.6. The van der Waals surface area contributed by atoms with Gasteiger partial charge in [-0.3, -0.25) is 4.90 Å². The molecular weight excluding hydrogens is 301 g/mol. The van der Waals surface area contributed by atoms with E-state index in [1.165, 1.54) is 5.56 Å². The second-order valence-electron chi connectivity index (χ2n) is 6.44. The highest BCUT2D eigenvalue weighted by atomic mass is 19.1. The van der Waals surface area contributed by atoms with Crippen molar-refractivity contribution < 1.29 is 4.39 Å². The molecule has 0 N–H and O–H groups in total. The summed E-state index contributed by atoms with van der Waals surface area (Å²) in [5, 5.41) is 0. The molecule has 3 nitrogen and oxygen atoms in total. The van der Waals surface area contributed by atoms with Gasteiger partial charge < -0.3 is 9.80 Å². The molecule has 1 heterocycles. The first-order valence-corrected chi connectivity index (χ1v) is 8.39. The van der Waals surface area contributed by atoms with Gasteiger partial charge >= 0.3 is 0 Å². The molecule has 130 valence electrons.